The molecule has 3 N–H and O–H groups in total. The van der Waals surface area contributed by atoms with Crippen molar-refractivity contribution in [3.63, 3.8) is 0 Å². The Labute approximate surface area is 125 Å². The molecule has 0 aromatic carbocycles. The second-order valence-corrected chi connectivity index (χ2v) is 5.19. The highest BCUT2D eigenvalue weighted by Gasteiger charge is 2.20. The summed E-state index contributed by atoms with van der Waals surface area (Å²) in [4.78, 5) is 23.6. The van der Waals surface area contributed by atoms with E-state index in [-0.39, 0.29) is 30.5 Å². The van der Waals surface area contributed by atoms with E-state index in [1.165, 1.54) is 0 Å². The number of carbonyl (C=O) groups excluding carboxylic acids is 2. The molecule has 1 saturated heterocycles. The van der Waals surface area contributed by atoms with Crippen LogP contribution >= 0.6 is 0 Å². The Hall–Kier alpha value is -1.81. The number of hydrogen-bond acceptors (Lipinski definition) is 4. The van der Waals surface area contributed by atoms with Gasteiger partial charge in [-0.1, -0.05) is 6.92 Å². The minimum atomic E-state index is -0.651. The zero-order valence-corrected chi connectivity index (χ0v) is 12.6. The van der Waals surface area contributed by atoms with E-state index in [0.717, 1.165) is 19.4 Å². The summed E-state index contributed by atoms with van der Waals surface area (Å²) in [6, 6.07) is 0.810. The molecule has 7 nitrogen and oxygen atoms in total. The third-order valence-corrected chi connectivity index (χ3v) is 3.43. The Morgan fingerprint density at radius 2 is 2.19 bits per heavy atom. The van der Waals surface area contributed by atoms with Gasteiger partial charge >= 0.3 is 6.03 Å². The molecule has 3 atom stereocenters. The van der Waals surface area contributed by atoms with Crippen LogP contribution in [-0.4, -0.2) is 43.3 Å². The fraction of sp³-hybridized carbons (Fsp3) is 0.786. The maximum Gasteiger partial charge on any atom is 0.315 e. The van der Waals surface area contributed by atoms with Crippen LogP contribution in [0.5, 0.6) is 0 Å². The highest BCUT2D eigenvalue weighted by molar-refractivity contribution is 5.86. The lowest BCUT2D eigenvalue weighted by molar-refractivity contribution is -0.123. The first-order valence-corrected chi connectivity index (χ1v) is 7.40. The van der Waals surface area contributed by atoms with Crippen molar-refractivity contribution >= 4 is 11.9 Å². The van der Waals surface area contributed by atoms with Crippen molar-refractivity contribution < 1.29 is 14.3 Å². The Kier molecular flexibility index (Phi) is 7.54. The van der Waals surface area contributed by atoms with Gasteiger partial charge in [-0.05, 0) is 26.2 Å². The number of urea groups is 1. The predicted octanol–water partition coefficient (Wildman–Crippen LogP) is 0.662. The Morgan fingerprint density at radius 1 is 1.43 bits per heavy atom. The number of hydrogen-bond donors (Lipinski definition) is 3. The predicted molar refractivity (Wildman–Crippen MR) is 77.4 cm³/mol. The van der Waals surface area contributed by atoms with Gasteiger partial charge in [0.1, 0.15) is 6.04 Å². The largest absolute Gasteiger partial charge is 0.376 e. The highest BCUT2D eigenvalue weighted by atomic mass is 16.5. The summed E-state index contributed by atoms with van der Waals surface area (Å²) in [5, 5.41) is 16.7. The molecule has 0 aromatic heterocycles. The van der Waals surface area contributed by atoms with Crippen LogP contribution in [0.15, 0.2) is 0 Å². The Balaban J connectivity index is 2.26. The molecule has 3 amide bonds. The minimum Gasteiger partial charge on any atom is -0.376 e. The van der Waals surface area contributed by atoms with Crippen molar-refractivity contribution in [2.75, 3.05) is 13.2 Å². The fourth-order valence-corrected chi connectivity index (χ4v) is 2.06. The lowest BCUT2D eigenvalue weighted by atomic mass is 10.1. The molecule has 1 rings (SSSR count). The van der Waals surface area contributed by atoms with Crippen molar-refractivity contribution in [3.05, 3.63) is 0 Å². The SMILES string of the molecule is CC[C@@H](CC#N)NC(=O)[C@H](C)NC(=O)NC[C@@H]1CCCO1. The number of carbonyl (C=O) groups is 2. The summed E-state index contributed by atoms with van der Waals surface area (Å²) in [6.45, 7) is 4.70. The summed E-state index contributed by atoms with van der Waals surface area (Å²) in [5.41, 5.74) is 0. The zero-order valence-electron chi connectivity index (χ0n) is 12.6. The molecular formula is C14H24N4O3. The molecule has 0 spiro atoms. The van der Waals surface area contributed by atoms with E-state index in [2.05, 4.69) is 16.0 Å². The summed E-state index contributed by atoms with van der Waals surface area (Å²) in [6.07, 6.45) is 2.98. The number of amides is 3. The summed E-state index contributed by atoms with van der Waals surface area (Å²) < 4.78 is 5.40. The first-order chi connectivity index (χ1) is 10.1. The normalized spacial score (nSPS) is 20.1. The van der Waals surface area contributed by atoms with Crippen LogP contribution in [0.25, 0.3) is 0 Å². The monoisotopic (exact) mass is 296 g/mol. The van der Waals surface area contributed by atoms with Crippen LogP contribution in [0.1, 0.15) is 39.5 Å². The van der Waals surface area contributed by atoms with Crippen LogP contribution in [0.3, 0.4) is 0 Å². The van der Waals surface area contributed by atoms with Crippen LogP contribution in [-0.2, 0) is 9.53 Å². The second kappa shape index (κ2) is 9.19. The molecule has 1 aliphatic heterocycles. The van der Waals surface area contributed by atoms with Crippen molar-refractivity contribution in [3.8, 4) is 6.07 Å². The molecule has 118 valence electrons. The summed E-state index contributed by atoms with van der Waals surface area (Å²) in [7, 11) is 0. The molecule has 1 heterocycles. The van der Waals surface area contributed by atoms with E-state index >= 15 is 0 Å². The van der Waals surface area contributed by atoms with Crippen molar-refractivity contribution in [1.82, 2.24) is 16.0 Å². The average molecular weight is 296 g/mol. The fourth-order valence-electron chi connectivity index (χ4n) is 2.06. The number of nitriles is 1. The van der Waals surface area contributed by atoms with Crippen LogP contribution in [0.2, 0.25) is 0 Å². The Morgan fingerprint density at radius 3 is 2.76 bits per heavy atom. The number of rotatable bonds is 7. The topological polar surface area (TPSA) is 103 Å². The summed E-state index contributed by atoms with van der Waals surface area (Å²) >= 11 is 0. The van der Waals surface area contributed by atoms with E-state index < -0.39 is 6.04 Å². The molecular weight excluding hydrogens is 272 g/mol. The van der Waals surface area contributed by atoms with Gasteiger partial charge in [-0.25, -0.2) is 4.79 Å². The van der Waals surface area contributed by atoms with E-state index in [1.54, 1.807) is 6.92 Å². The van der Waals surface area contributed by atoms with Gasteiger partial charge in [0, 0.05) is 19.2 Å². The van der Waals surface area contributed by atoms with Gasteiger partial charge in [0.2, 0.25) is 5.91 Å². The Bertz CT molecular complexity index is 388. The lowest BCUT2D eigenvalue weighted by Crippen LogP contribution is -2.51. The average Bonchev–Trinajstić information content (AvgIpc) is 2.97. The third-order valence-electron chi connectivity index (χ3n) is 3.43. The van der Waals surface area contributed by atoms with Gasteiger partial charge in [0.15, 0.2) is 0 Å². The quantitative estimate of drug-likeness (QED) is 0.642. The smallest absolute Gasteiger partial charge is 0.315 e. The van der Waals surface area contributed by atoms with Crippen LogP contribution < -0.4 is 16.0 Å². The van der Waals surface area contributed by atoms with Crippen LogP contribution in [0, 0.1) is 11.3 Å². The molecule has 7 heteroatoms. The zero-order chi connectivity index (χ0) is 15.7. The standard InChI is InChI=1S/C14H24N4O3/c1-3-11(6-7-15)18-13(19)10(2)17-14(20)16-9-12-5-4-8-21-12/h10-12H,3-6,8-9H2,1-2H3,(H,18,19)(H2,16,17,20)/t10-,11-,12-/m0/s1. The van der Waals surface area contributed by atoms with Crippen molar-refractivity contribution in [1.29, 1.82) is 5.26 Å². The van der Waals surface area contributed by atoms with E-state index in [0.29, 0.717) is 13.0 Å². The van der Waals surface area contributed by atoms with Gasteiger partial charge in [-0.2, -0.15) is 5.26 Å². The highest BCUT2D eigenvalue weighted by Crippen LogP contribution is 2.10. The van der Waals surface area contributed by atoms with Gasteiger partial charge in [-0.15, -0.1) is 0 Å². The molecule has 0 radical (unpaired) electrons. The summed E-state index contributed by atoms with van der Waals surface area (Å²) in [5.74, 6) is -0.288. The minimum absolute atomic E-state index is 0.0694. The van der Waals surface area contributed by atoms with Crippen LogP contribution in [0.4, 0.5) is 4.79 Å². The van der Waals surface area contributed by atoms with Gasteiger partial charge in [0.25, 0.3) is 0 Å². The second-order valence-electron chi connectivity index (χ2n) is 5.19. The van der Waals surface area contributed by atoms with Gasteiger partial charge in [-0.3, -0.25) is 4.79 Å². The third kappa shape index (κ3) is 6.45. The molecule has 0 aliphatic carbocycles. The van der Waals surface area contributed by atoms with Gasteiger partial charge < -0.3 is 20.7 Å². The van der Waals surface area contributed by atoms with E-state index in [4.69, 9.17) is 10.00 Å². The molecule has 0 unspecified atom stereocenters. The molecule has 0 saturated carbocycles. The number of nitrogens with zero attached hydrogens (tertiary/aromatic N) is 1. The first kappa shape index (κ1) is 17.2. The molecule has 0 bridgehead atoms. The molecule has 1 fully saturated rings. The maximum atomic E-state index is 11.9. The van der Waals surface area contributed by atoms with E-state index in [1.807, 2.05) is 13.0 Å². The number of nitrogens with one attached hydrogen (secondary N) is 3. The molecule has 1 aliphatic rings. The van der Waals surface area contributed by atoms with Crippen molar-refractivity contribution in [2.45, 2.75) is 57.7 Å². The lowest BCUT2D eigenvalue weighted by Gasteiger charge is -2.19. The molecule has 21 heavy (non-hydrogen) atoms. The van der Waals surface area contributed by atoms with Gasteiger partial charge in [0.05, 0.1) is 18.6 Å². The van der Waals surface area contributed by atoms with Crippen molar-refractivity contribution in [2.24, 2.45) is 0 Å². The maximum absolute atomic E-state index is 11.9. The first-order valence-electron chi connectivity index (χ1n) is 7.40. The molecule has 0 aromatic rings. The van der Waals surface area contributed by atoms with E-state index in [9.17, 15) is 9.59 Å². The number of ether oxygens (including phenoxy) is 1.